The summed E-state index contributed by atoms with van der Waals surface area (Å²) in [7, 11) is -5.66. The van der Waals surface area contributed by atoms with Crippen LogP contribution in [-0.4, -0.2) is 42.4 Å². The molecule has 0 heterocycles. The Morgan fingerprint density at radius 1 is 1.30 bits per heavy atom. The maximum absolute atomic E-state index is 13.3. The Labute approximate surface area is 155 Å². The molecule has 5 atom stereocenters. The van der Waals surface area contributed by atoms with Crippen LogP contribution in [0, 0.1) is 23.7 Å². The first-order chi connectivity index (χ1) is 12.4. The first-order valence-electron chi connectivity index (χ1n) is 8.75. The highest BCUT2D eigenvalue weighted by molar-refractivity contribution is 7.86. The lowest BCUT2D eigenvalue weighted by Gasteiger charge is -2.44. The van der Waals surface area contributed by atoms with Gasteiger partial charge in [0.25, 0.3) is 0 Å². The number of ether oxygens (including phenoxy) is 2. The van der Waals surface area contributed by atoms with Crippen molar-refractivity contribution < 1.29 is 40.8 Å². The van der Waals surface area contributed by atoms with Crippen LogP contribution in [-0.2, 0) is 29.2 Å². The van der Waals surface area contributed by atoms with Gasteiger partial charge >= 0.3 is 27.3 Å². The lowest BCUT2D eigenvalue weighted by Crippen LogP contribution is -2.44. The highest BCUT2D eigenvalue weighted by Crippen LogP contribution is 2.61. The summed E-state index contributed by atoms with van der Waals surface area (Å²) in [5.41, 5.74) is -0.388. The van der Waals surface area contributed by atoms with Gasteiger partial charge in [-0.15, -0.1) is 0 Å². The molecule has 0 spiro atoms. The van der Waals surface area contributed by atoms with Gasteiger partial charge in [0, 0.05) is 5.57 Å². The summed E-state index contributed by atoms with van der Waals surface area (Å²) in [6.07, 6.45) is 2.94. The zero-order valence-corrected chi connectivity index (χ0v) is 15.6. The molecule has 0 aliphatic heterocycles. The molecule has 3 aliphatic carbocycles. The Bertz CT molecular complexity index is 778. The van der Waals surface area contributed by atoms with Gasteiger partial charge in [-0.1, -0.05) is 6.58 Å². The SMILES string of the molecule is C=C(C)C(=O)OC12CCC3C(CC(C1)C3C(=O)OCC(F)(F)S(=O)(=O)O)C2. The van der Waals surface area contributed by atoms with Crippen molar-refractivity contribution in [2.45, 2.75) is 49.9 Å². The molecular weight excluding hydrogens is 386 g/mol. The fourth-order valence-corrected chi connectivity index (χ4v) is 5.21. The van der Waals surface area contributed by atoms with Crippen LogP contribution in [0.1, 0.15) is 39.0 Å². The van der Waals surface area contributed by atoms with Gasteiger partial charge in [0.1, 0.15) is 5.60 Å². The van der Waals surface area contributed by atoms with E-state index >= 15 is 0 Å². The number of carbonyl (C=O) groups excluding carboxylic acids is 2. The molecule has 0 amide bonds. The first kappa shape index (κ1) is 20.2. The highest BCUT2D eigenvalue weighted by atomic mass is 32.2. The van der Waals surface area contributed by atoms with Crippen LogP contribution in [0.3, 0.4) is 0 Å². The molecule has 27 heavy (non-hydrogen) atoms. The number of hydrogen-bond donors (Lipinski definition) is 1. The summed E-state index contributed by atoms with van der Waals surface area (Å²) in [4.78, 5) is 24.4. The maximum Gasteiger partial charge on any atom is 0.402 e. The summed E-state index contributed by atoms with van der Waals surface area (Å²) in [6, 6.07) is 0. The van der Waals surface area contributed by atoms with Crippen LogP contribution in [0.2, 0.25) is 0 Å². The third-order valence-corrected chi connectivity index (χ3v) is 6.94. The molecule has 152 valence electrons. The molecule has 3 aliphatic rings. The summed E-state index contributed by atoms with van der Waals surface area (Å²) in [5.74, 6) is -2.14. The van der Waals surface area contributed by atoms with Crippen LogP contribution in [0.5, 0.6) is 0 Å². The quantitative estimate of drug-likeness (QED) is 0.408. The van der Waals surface area contributed by atoms with Crippen LogP contribution in [0.4, 0.5) is 8.78 Å². The van der Waals surface area contributed by atoms with Gasteiger partial charge in [0.05, 0.1) is 5.92 Å². The Morgan fingerprint density at radius 2 is 1.93 bits per heavy atom. The molecule has 0 radical (unpaired) electrons. The molecular formula is C17H22F2O7S. The molecule has 0 aromatic rings. The van der Waals surface area contributed by atoms with E-state index in [4.69, 9.17) is 9.29 Å². The molecule has 10 heteroatoms. The van der Waals surface area contributed by atoms with E-state index in [1.807, 2.05) is 0 Å². The minimum absolute atomic E-state index is 0.0685. The third-order valence-electron chi connectivity index (χ3n) is 6.07. The van der Waals surface area contributed by atoms with Gasteiger partial charge in [-0.2, -0.15) is 17.2 Å². The second-order valence-corrected chi connectivity index (χ2v) is 9.51. The van der Waals surface area contributed by atoms with Crippen molar-refractivity contribution >= 4 is 22.1 Å². The van der Waals surface area contributed by atoms with E-state index in [0.29, 0.717) is 32.1 Å². The molecule has 3 rings (SSSR count). The monoisotopic (exact) mass is 408 g/mol. The van der Waals surface area contributed by atoms with E-state index in [1.54, 1.807) is 6.92 Å². The average molecular weight is 408 g/mol. The van der Waals surface area contributed by atoms with E-state index in [9.17, 15) is 26.8 Å². The average Bonchev–Trinajstić information content (AvgIpc) is 2.72. The van der Waals surface area contributed by atoms with Crippen molar-refractivity contribution in [2.75, 3.05) is 6.61 Å². The zero-order chi connectivity index (χ0) is 20.2. The Kier molecular flexibility index (Phi) is 4.87. The fourth-order valence-electron chi connectivity index (χ4n) is 5.00. The van der Waals surface area contributed by atoms with Crippen molar-refractivity contribution in [1.82, 2.24) is 0 Å². The standard InChI is InChI=1S/C17H22F2O7S/c1-9(2)14(20)26-16-4-3-12-10(6-16)5-11(7-16)13(12)15(21)25-8-17(18,19)27(22,23)24/h10-13H,1,3-8H2,2H3,(H,22,23,24). The van der Waals surface area contributed by atoms with E-state index in [2.05, 4.69) is 11.3 Å². The van der Waals surface area contributed by atoms with Gasteiger partial charge in [-0.05, 0) is 56.8 Å². The Morgan fingerprint density at radius 3 is 2.52 bits per heavy atom. The van der Waals surface area contributed by atoms with Crippen LogP contribution in [0.25, 0.3) is 0 Å². The summed E-state index contributed by atoms with van der Waals surface area (Å²) in [5, 5.41) is -4.55. The van der Waals surface area contributed by atoms with Crippen LogP contribution in [0.15, 0.2) is 12.2 Å². The lowest BCUT2D eigenvalue weighted by atomic mass is 9.69. The smallest absolute Gasteiger partial charge is 0.402 e. The second-order valence-electron chi connectivity index (χ2n) is 7.97. The number of fused-ring (bicyclic) bond motifs is 2. The van der Waals surface area contributed by atoms with Crippen molar-refractivity contribution in [3.05, 3.63) is 12.2 Å². The molecule has 7 nitrogen and oxygen atoms in total. The van der Waals surface area contributed by atoms with Crippen molar-refractivity contribution in [3.63, 3.8) is 0 Å². The van der Waals surface area contributed by atoms with Gasteiger partial charge in [-0.25, -0.2) is 4.79 Å². The first-order valence-corrected chi connectivity index (χ1v) is 10.2. The van der Waals surface area contributed by atoms with E-state index in [-0.39, 0.29) is 23.3 Å². The van der Waals surface area contributed by atoms with Crippen molar-refractivity contribution in [2.24, 2.45) is 23.7 Å². The maximum atomic E-state index is 13.3. The Hall–Kier alpha value is -1.55. The number of esters is 2. The van der Waals surface area contributed by atoms with Gasteiger partial charge < -0.3 is 9.47 Å². The number of rotatable bonds is 6. The molecule has 0 aromatic heterocycles. The normalized spacial score (nSPS) is 35.0. The molecule has 5 unspecified atom stereocenters. The molecule has 3 bridgehead atoms. The summed E-state index contributed by atoms with van der Waals surface area (Å²) >= 11 is 0. The van der Waals surface area contributed by atoms with Crippen LogP contribution < -0.4 is 0 Å². The third kappa shape index (κ3) is 3.61. The number of halogens is 2. The number of alkyl halides is 2. The zero-order valence-electron chi connectivity index (χ0n) is 14.8. The predicted molar refractivity (Wildman–Crippen MR) is 88.1 cm³/mol. The minimum Gasteiger partial charge on any atom is -0.458 e. The van der Waals surface area contributed by atoms with E-state index < -0.39 is 45.4 Å². The Balaban J connectivity index is 1.71. The lowest BCUT2D eigenvalue weighted by molar-refractivity contribution is -0.165. The van der Waals surface area contributed by atoms with E-state index in [1.165, 1.54) is 0 Å². The van der Waals surface area contributed by atoms with Crippen molar-refractivity contribution in [1.29, 1.82) is 0 Å². The minimum atomic E-state index is -5.66. The van der Waals surface area contributed by atoms with Crippen molar-refractivity contribution in [3.8, 4) is 0 Å². The molecule has 0 aromatic carbocycles. The second kappa shape index (κ2) is 6.51. The summed E-state index contributed by atoms with van der Waals surface area (Å²) in [6.45, 7) is 3.41. The molecule has 1 N–H and O–H groups in total. The highest BCUT2D eigenvalue weighted by Gasteiger charge is 2.60. The molecule has 3 saturated carbocycles. The largest absolute Gasteiger partial charge is 0.458 e. The van der Waals surface area contributed by atoms with Crippen LogP contribution >= 0.6 is 0 Å². The number of hydrogen-bond acceptors (Lipinski definition) is 6. The fraction of sp³-hybridized carbons (Fsp3) is 0.765. The van der Waals surface area contributed by atoms with Gasteiger partial charge in [-0.3, -0.25) is 9.35 Å². The summed E-state index contributed by atoms with van der Waals surface area (Å²) < 4.78 is 66.7. The van der Waals surface area contributed by atoms with E-state index in [0.717, 1.165) is 0 Å². The molecule has 3 fully saturated rings. The topological polar surface area (TPSA) is 107 Å². The van der Waals surface area contributed by atoms with Gasteiger partial charge in [0.2, 0.25) is 0 Å². The predicted octanol–water partition coefficient (Wildman–Crippen LogP) is 2.32. The molecule has 0 saturated heterocycles. The number of carbonyl (C=O) groups is 2. The van der Waals surface area contributed by atoms with Gasteiger partial charge in [0.15, 0.2) is 6.61 Å².